The van der Waals surface area contributed by atoms with Crippen molar-refractivity contribution in [2.75, 3.05) is 0 Å². The normalized spacial score (nSPS) is 12.2. The number of carboxylic acids is 1. The number of aromatic nitrogens is 2. The third kappa shape index (κ3) is 3.37. The summed E-state index contributed by atoms with van der Waals surface area (Å²) >= 11 is 5.87. The number of benzene rings is 3. The molecule has 27 heavy (non-hydrogen) atoms. The lowest BCUT2D eigenvalue weighted by Crippen LogP contribution is -2.00. The molecule has 2 N–H and O–H groups in total. The fraction of sp³-hybridized carbons (Fsp3) is 0. The highest BCUT2D eigenvalue weighted by Crippen LogP contribution is 2.29. The van der Waals surface area contributed by atoms with E-state index in [4.69, 9.17) is 11.6 Å². The van der Waals surface area contributed by atoms with Crippen molar-refractivity contribution in [1.29, 1.82) is 0 Å². The Bertz CT molecular complexity index is 1170. The van der Waals surface area contributed by atoms with Gasteiger partial charge < -0.3 is 10.1 Å². The second kappa shape index (κ2) is 6.98. The van der Waals surface area contributed by atoms with E-state index in [1.165, 1.54) is 6.33 Å². The van der Waals surface area contributed by atoms with Crippen LogP contribution in [0.25, 0.3) is 22.2 Å². The van der Waals surface area contributed by atoms with E-state index in [1.807, 2.05) is 0 Å². The van der Waals surface area contributed by atoms with Gasteiger partial charge in [-0.05, 0) is 59.7 Å². The number of nitrogens with one attached hydrogen (secondary N) is 1. The lowest BCUT2D eigenvalue weighted by atomic mass is 9.99. The number of aromatic amines is 1. The molecule has 0 aliphatic rings. The minimum Gasteiger partial charge on any atom is -0.478 e. The summed E-state index contributed by atoms with van der Waals surface area (Å²) in [4.78, 5) is 20.0. The average molecular weight is 397 g/mol. The van der Waals surface area contributed by atoms with Crippen LogP contribution >= 0.6 is 11.6 Å². The predicted octanol–water partition coefficient (Wildman–Crippen LogP) is 4.75. The van der Waals surface area contributed by atoms with Gasteiger partial charge in [-0.15, -0.1) is 0 Å². The maximum atomic E-state index is 12.7. The number of carboxylic acid groups (broad SMARTS) is 1. The van der Waals surface area contributed by atoms with Crippen molar-refractivity contribution in [3.8, 4) is 11.1 Å². The fourth-order valence-corrected chi connectivity index (χ4v) is 4.01. The summed E-state index contributed by atoms with van der Waals surface area (Å²) in [7, 11) is -1.34. The van der Waals surface area contributed by atoms with Crippen LogP contribution < -0.4 is 0 Å². The molecule has 0 radical (unpaired) electrons. The average Bonchev–Trinajstić information content (AvgIpc) is 3.15. The Hall–Kier alpha value is -2.96. The van der Waals surface area contributed by atoms with E-state index in [0.29, 0.717) is 37.0 Å². The molecule has 134 valence electrons. The number of fused-ring (bicyclic) bond motifs is 1. The molecule has 7 heteroatoms. The minimum atomic E-state index is -1.34. The van der Waals surface area contributed by atoms with Gasteiger partial charge in [-0.2, -0.15) is 0 Å². The lowest BCUT2D eigenvalue weighted by molar-refractivity contribution is 0.0698. The van der Waals surface area contributed by atoms with Crippen LogP contribution in [0.4, 0.5) is 0 Å². The molecule has 0 amide bonds. The van der Waals surface area contributed by atoms with Crippen molar-refractivity contribution in [3.63, 3.8) is 0 Å². The number of rotatable bonds is 4. The number of hydrogen-bond acceptors (Lipinski definition) is 3. The Kier molecular flexibility index (Phi) is 4.51. The smallest absolute Gasteiger partial charge is 0.336 e. The first-order valence-electron chi connectivity index (χ1n) is 8.01. The zero-order valence-electron chi connectivity index (χ0n) is 13.8. The summed E-state index contributed by atoms with van der Waals surface area (Å²) in [6, 6.07) is 17.2. The first-order chi connectivity index (χ1) is 13.0. The Morgan fingerprint density at radius 1 is 1.00 bits per heavy atom. The Morgan fingerprint density at radius 2 is 1.63 bits per heavy atom. The largest absolute Gasteiger partial charge is 0.478 e. The van der Waals surface area contributed by atoms with E-state index < -0.39 is 16.8 Å². The molecule has 0 fully saturated rings. The maximum Gasteiger partial charge on any atom is 0.336 e. The molecule has 0 aliphatic heterocycles. The minimum absolute atomic E-state index is 0.179. The van der Waals surface area contributed by atoms with Crippen LogP contribution in [0.1, 0.15) is 10.4 Å². The van der Waals surface area contributed by atoms with Gasteiger partial charge in [0.1, 0.15) is 0 Å². The number of aromatic carboxylic acids is 1. The van der Waals surface area contributed by atoms with E-state index >= 15 is 0 Å². The van der Waals surface area contributed by atoms with Crippen LogP contribution in [0.3, 0.4) is 0 Å². The van der Waals surface area contributed by atoms with E-state index in [0.717, 1.165) is 0 Å². The van der Waals surface area contributed by atoms with Gasteiger partial charge in [0.2, 0.25) is 0 Å². The number of halogens is 1. The fourth-order valence-electron chi connectivity index (χ4n) is 2.85. The van der Waals surface area contributed by atoms with Crippen molar-refractivity contribution in [1.82, 2.24) is 9.97 Å². The summed E-state index contributed by atoms with van der Waals surface area (Å²) in [6.07, 6.45) is 1.53. The van der Waals surface area contributed by atoms with E-state index in [9.17, 15) is 14.1 Å². The highest BCUT2D eigenvalue weighted by atomic mass is 35.5. The Labute approximate surface area is 162 Å². The second-order valence-corrected chi connectivity index (χ2v) is 7.79. The van der Waals surface area contributed by atoms with Gasteiger partial charge >= 0.3 is 5.97 Å². The van der Waals surface area contributed by atoms with Crippen molar-refractivity contribution in [2.24, 2.45) is 0 Å². The SMILES string of the molecule is O=C(O)c1cc2[nH]cnc2cc1-c1ccc(S(=O)c2ccc(Cl)cc2)cc1. The van der Waals surface area contributed by atoms with Gasteiger partial charge in [0.15, 0.2) is 0 Å². The van der Waals surface area contributed by atoms with Crippen LogP contribution in [0.2, 0.25) is 5.02 Å². The first-order valence-corrected chi connectivity index (χ1v) is 9.54. The zero-order valence-corrected chi connectivity index (χ0v) is 15.4. The molecule has 3 aromatic carbocycles. The zero-order chi connectivity index (χ0) is 19.0. The summed E-state index contributed by atoms with van der Waals surface area (Å²) in [6.45, 7) is 0. The van der Waals surface area contributed by atoms with Crippen LogP contribution in [-0.4, -0.2) is 25.3 Å². The number of hydrogen-bond donors (Lipinski definition) is 2. The van der Waals surface area contributed by atoms with Gasteiger partial charge in [-0.3, -0.25) is 0 Å². The molecule has 5 nitrogen and oxygen atoms in total. The van der Waals surface area contributed by atoms with Crippen molar-refractivity contribution in [3.05, 3.63) is 77.6 Å². The number of carbonyl (C=O) groups is 1. The standard InChI is InChI=1S/C20H13ClN2O3S/c21-13-3-7-15(8-4-13)27(26)14-5-1-12(2-6-14)16-9-18-19(23-11-22-18)10-17(16)20(24)25/h1-11H,(H,22,23)(H,24,25). The monoisotopic (exact) mass is 396 g/mol. The molecule has 1 unspecified atom stereocenters. The van der Waals surface area contributed by atoms with Crippen LogP contribution in [0.5, 0.6) is 0 Å². The van der Waals surface area contributed by atoms with Crippen molar-refractivity contribution in [2.45, 2.75) is 9.79 Å². The maximum absolute atomic E-state index is 12.7. The summed E-state index contributed by atoms with van der Waals surface area (Å²) in [5, 5.41) is 10.1. The van der Waals surface area contributed by atoms with Crippen LogP contribution in [-0.2, 0) is 10.8 Å². The molecular formula is C20H13ClN2O3S. The molecule has 1 aromatic heterocycles. The Balaban J connectivity index is 1.73. The highest BCUT2D eigenvalue weighted by molar-refractivity contribution is 7.85. The van der Waals surface area contributed by atoms with E-state index in [2.05, 4.69) is 9.97 Å². The molecule has 4 aromatic rings. The van der Waals surface area contributed by atoms with Crippen molar-refractivity contribution >= 4 is 39.4 Å². The molecular weight excluding hydrogens is 384 g/mol. The van der Waals surface area contributed by atoms with Gasteiger partial charge in [0, 0.05) is 14.8 Å². The van der Waals surface area contributed by atoms with Crippen LogP contribution in [0.15, 0.2) is 76.8 Å². The molecule has 0 saturated heterocycles. The summed E-state index contributed by atoms with van der Waals surface area (Å²) < 4.78 is 12.7. The number of H-pyrrole nitrogens is 1. The lowest BCUT2D eigenvalue weighted by Gasteiger charge is -2.08. The van der Waals surface area contributed by atoms with Gasteiger partial charge in [-0.1, -0.05) is 23.7 Å². The third-order valence-electron chi connectivity index (χ3n) is 4.20. The predicted molar refractivity (Wildman–Crippen MR) is 105 cm³/mol. The van der Waals surface area contributed by atoms with Crippen molar-refractivity contribution < 1.29 is 14.1 Å². The van der Waals surface area contributed by atoms with Gasteiger partial charge in [0.05, 0.1) is 33.7 Å². The van der Waals surface area contributed by atoms with Gasteiger partial charge in [0.25, 0.3) is 0 Å². The van der Waals surface area contributed by atoms with E-state index in [-0.39, 0.29) is 5.56 Å². The molecule has 0 spiro atoms. The van der Waals surface area contributed by atoms with Gasteiger partial charge in [-0.25, -0.2) is 14.0 Å². The molecule has 4 rings (SSSR count). The molecule has 1 atom stereocenters. The quantitative estimate of drug-likeness (QED) is 0.521. The molecule has 1 heterocycles. The first kappa shape index (κ1) is 17.5. The third-order valence-corrected chi connectivity index (χ3v) is 5.85. The number of nitrogens with zero attached hydrogens (tertiary/aromatic N) is 1. The second-order valence-electron chi connectivity index (χ2n) is 5.87. The molecule has 0 saturated carbocycles. The summed E-state index contributed by atoms with van der Waals surface area (Å²) in [5.74, 6) is -1.02. The molecule has 0 aliphatic carbocycles. The number of imidazole rings is 1. The summed E-state index contributed by atoms with van der Waals surface area (Å²) in [5.41, 5.74) is 2.80. The van der Waals surface area contributed by atoms with E-state index in [1.54, 1.807) is 60.7 Å². The highest BCUT2D eigenvalue weighted by Gasteiger charge is 2.15. The van der Waals surface area contributed by atoms with Crippen LogP contribution in [0, 0.1) is 0 Å². The topological polar surface area (TPSA) is 83.0 Å². The molecule has 0 bridgehead atoms. The Morgan fingerprint density at radius 3 is 2.26 bits per heavy atom.